The van der Waals surface area contributed by atoms with Crippen molar-refractivity contribution in [1.82, 2.24) is 5.32 Å². The van der Waals surface area contributed by atoms with Crippen molar-refractivity contribution >= 4 is 22.0 Å². The Morgan fingerprint density at radius 1 is 1.25 bits per heavy atom. The molecule has 0 amide bonds. The Morgan fingerprint density at radius 2 is 1.81 bits per heavy atom. The maximum Gasteiger partial charge on any atom is 0.0175 e. The molecule has 0 saturated carbocycles. The van der Waals surface area contributed by atoms with E-state index in [0.29, 0.717) is 0 Å². The molecular formula is C14H20BrN. The van der Waals surface area contributed by atoms with Crippen molar-refractivity contribution < 1.29 is 0 Å². The summed E-state index contributed by atoms with van der Waals surface area (Å²) in [5.41, 5.74) is 2.77. The van der Waals surface area contributed by atoms with Gasteiger partial charge < -0.3 is 5.32 Å². The molecule has 0 atom stereocenters. The lowest BCUT2D eigenvalue weighted by molar-refractivity contribution is 0.445. The zero-order chi connectivity index (χ0) is 12.2. The third kappa shape index (κ3) is 5.47. The van der Waals surface area contributed by atoms with Crippen LogP contribution >= 0.6 is 15.9 Å². The van der Waals surface area contributed by atoms with Gasteiger partial charge >= 0.3 is 0 Å². The Hall–Kier alpha value is -0.600. The van der Waals surface area contributed by atoms with Crippen LogP contribution < -0.4 is 5.32 Å². The first-order valence-electron chi connectivity index (χ1n) is 5.54. The molecule has 0 radical (unpaired) electrons. The Morgan fingerprint density at radius 3 is 2.31 bits per heavy atom. The highest BCUT2D eigenvalue weighted by Crippen LogP contribution is 2.13. The first-order chi connectivity index (χ1) is 7.37. The molecule has 0 fully saturated rings. The molecule has 1 rings (SSSR count). The molecule has 0 saturated heterocycles. The first-order valence-corrected chi connectivity index (χ1v) is 6.34. The van der Waals surface area contributed by atoms with E-state index in [1.54, 1.807) is 0 Å². The minimum atomic E-state index is 0.175. The van der Waals surface area contributed by atoms with E-state index < -0.39 is 0 Å². The molecule has 0 spiro atoms. The lowest BCUT2D eigenvalue weighted by Gasteiger charge is -2.20. The van der Waals surface area contributed by atoms with Gasteiger partial charge in [0.15, 0.2) is 0 Å². The molecule has 16 heavy (non-hydrogen) atoms. The average Bonchev–Trinajstić information content (AvgIpc) is 2.18. The van der Waals surface area contributed by atoms with Crippen LogP contribution in [0.25, 0.3) is 6.08 Å². The lowest BCUT2D eigenvalue weighted by atomic mass is 10.1. The van der Waals surface area contributed by atoms with Gasteiger partial charge in [-0.15, -0.1) is 0 Å². The van der Waals surface area contributed by atoms with Crippen molar-refractivity contribution in [1.29, 1.82) is 0 Å². The Kier molecular flexibility index (Phi) is 4.75. The highest BCUT2D eigenvalue weighted by Gasteiger charge is 2.07. The molecule has 0 aliphatic rings. The zero-order valence-corrected chi connectivity index (χ0v) is 12.1. The van der Waals surface area contributed by atoms with Gasteiger partial charge in [0.25, 0.3) is 0 Å². The molecule has 88 valence electrons. The predicted octanol–water partition coefficient (Wildman–Crippen LogP) is 4.24. The summed E-state index contributed by atoms with van der Waals surface area (Å²) in [6.07, 6.45) is 2.21. The summed E-state index contributed by atoms with van der Waals surface area (Å²) in [6.45, 7) is 9.63. The van der Waals surface area contributed by atoms with Gasteiger partial charge in [0, 0.05) is 16.6 Å². The van der Waals surface area contributed by atoms with Crippen LogP contribution in [-0.2, 0) is 0 Å². The van der Waals surface area contributed by atoms with Gasteiger partial charge in [-0.1, -0.05) is 39.7 Å². The molecule has 1 N–H and O–H groups in total. The highest BCUT2D eigenvalue weighted by atomic mass is 79.9. The molecule has 0 aromatic heterocycles. The number of benzene rings is 1. The number of halogens is 1. The van der Waals surface area contributed by atoms with Crippen molar-refractivity contribution in [2.24, 2.45) is 0 Å². The quantitative estimate of drug-likeness (QED) is 0.874. The van der Waals surface area contributed by atoms with E-state index in [1.165, 1.54) is 11.1 Å². The van der Waals surface area contributed by atoms with Gasteiger partial charge in [-0.3, -0.25) is 0 Å². The summed E-state index contributed by atoms with van der Waals surface area (Å²) in [4.78, 5) is 0. The molecule has 0 unspecified atom stereocenters. The maximum absolute atomic E-state index is 3.48. The van der Waals surface area contributed by atoms with Crippen LogP contribution in [-0.4, -0.2) is 12.1 Å². The van der Waals surface area contributed by atoms with Gasteiger partial charge in [-0.2, -0.15) is 0 Å². The van der Waals surface area contributed by atoms with E-state index in [9.17, 15) is 0 Å². The summed E-state index contributed by atoms with van der Waals surface area (Å²) in [6, 6.07) is 8.36. The Bertz CT molecular complexity index is 357. The molecule has 0 aliphatic heterocycles. The lowest BCUT2D eigenvalue weighted by Crippen LogP contribution is -2.36. The second-order valence-corrected chi connectivity index (χ2v) is 6.06. The minimum absolute atomic E-state index is 0.175. The fraction of sp³-hybridized carbons (Fsp3) is 0.429. The van der Waals surface area contributed by atoms with Gasteiger partial charge in [0.1, 0.15) is 0 Å². The van der Waals surface area contributed by atoms with Crippen molar-refractivity contribution in [3.05, 3.63) is 39.9 Å². The second kappa shape index (κ2) is 5.65. The number of nitrogens with one attached hydrogen (secondary N) is 1. The standard InChI is InChI=1S/C14H20BrN/c1-11(10-16-14(2,3)4)9-12-5-7-13(15)8-6-12/h5-9,16H,10H2,1-4H3. The summed E-state index contributed by atoms with van der Waals surface area (Å²) in [7, 11) is 0. The average molecular weight is 282 g/mol. The van der Waals surface area contributed by atoms with E-state index in [-0.39, 0.29) is 5.54 Å². The van der Waals surface area contributed by atoms with Crippen LogP contribution in [0.1, 0.15) is 33.3 Å². The molecule has 0 aliphatic carbocycles. The van der Waals surface area contributed by atoms with Gasteiger partial charge in [0.2, 0.25) is 0 Å². The third-order valence-corrected chi connectivity index (χ3v) is 2.71. The number of hydrogen-bond donors (Lipinski definition) is 1. The van der Waals surface area contributed by atoms with E-state index in [4.69, 9.17) is 0 Å². The monoisotopic (exact) mass is 281 g/mol. The van der Waals surface area contributed by atoms with Crippen molar-refractivity contribution in [3.63, 3.8) is 0 Å². The smallest absolute Gasteiger partial charge is 0.0175 e. The topological polar surface area (TPSA) is 12.0 Å². The Balaban J connectivity index is 2.59. The molecule has 0 bridgehead atoms. The summed E-state index contributed by atoms with van der Waals surface area (Å²) < 4.78 is 1.12. The zero-order valence-electron chi connectivity index (χ0n) is 10.5. The number of hydrogen-bond acceptors (Lipinski definition) is 1. The van der Waals surface area contributed by atoms with E-state index in [0.717, 1.165) is 11.0 Å². The van der Waals surface area contributed by atoms with Crippen molar-refractivity contribution in [2.75, 3.05) is 6.54 Å². The molecule has 1 aromatic carbocycles. The van der Waals surface area contributed by atoms with Crippen molar-refractivity contribution in [2.45, 2.75) is 33.2 Å². The van der Waals surface area contributed by atoms with Gasteiger partial charge in [-0.25, -0.2) is 0 Å². The predicted molar refractivity (Wildman–Crippen MR) is 75.5 cm³/mol. The fourth-order valence-electron chi connectivity index (χ4n) is 1.30. The van der Waals surface area contributed by atoms with Crippen LogP contribution in [0.3, 0.4) is 0 Å². The SMILES string of the molecule is CC(=Cc1ccc(Br)cc1)CNC(C)(C)C. The van der Waals surface area contributed by atoms with Crippen LogP contribution in [0.4, 0.5) is 0 Å². The van der Waals surface area contributed by atoms with Gasteiger partial charge in [0.05, 0.1) is 0 Å². The van der Waals surface area contributed by atoms with Gasteiger partial charge in [-0.05, 0) is 45.4 Å². The Labute approximate surface area is 107 Å². The first kappa shape index (κ1) is 13.5. The molecule has 2 heteroatoms. The minimum Gasteiger partial charge on any atom is -0.308 e. The summed E-state index contributed by atoms with van der Waals surface area (Å²) >= 11 is 3.44. The molecule has 0 heterocycles. The molecule has 1 aromatic rings. The summed E-state index contributed by atoms with van der Waals surface area (Å²) in [5.74, 6) is 0. The fourth-order valence-corrected chi connectivity index (χ4v) is 1.56. The van der Waals surface area contributed by atoms with Crippen LogP contribution in [0.5, 0.6) is 0 Å². The van der Waals surface area contributed by atoms with E-state index in [2.05, 4.69) is 79.3 Å². The van der Waals surface area contributed by atoms with Crippen LogP contribution in [0, 0.1) is 0 Å². The summed E-state index contributed by atoms with van der Waals surface area (Å²) in [5, 5.41) is 3.48. The van der Waals surface area contributed by atoms with Crippen LogP contribution in [0.15, 0.2) is 34.3 Å². The third-order valence-electron chi connectivity index (χ3n) is 2.18. The largest absolute Gasteiger partial charge is 0.308 e. The normalized spacial score (nSPS) is 12.9. The van der Waals surface area contributed by atoms with E-state index >= 15 is 0 Å². The van der Waals surface area contributed by atoms with E-state index in [1.807, 2.05) is 0 Å². The maximum atomic E-state index is 3.48. The number of rotatable bonds is 3. The highest BCUT2D eigenvalue weighted by molar-refractivity contribution is 9.10. The molecular weight excluding hydrogens is 262 g/mol. The second-order valence-electron chi connectivity index (χ2n) is 5.15. The molecule has 1 nitrogen and oxygen atoms in total. The van der Waals surface area contributed by atoms with Crippen LogP contribution in [0.2, 0.25) is 0 Å². The van der Waals surface area contributed by atoms with Crippen molar-refractivity contribution in [3.8, 4) is 0 Å².